The maximum atomic E-state index is 13.2. The molecule has 2 aliphatic rings. The minimum absolute atomic E-state index is 0.206. The van der Waals surface area contributed by atoms with Crippen LogP contribution in [0.5, 0.6) is 5.75 Å². The van der Waals surface area contributed by atoms with E-state index in [-0.39, 0.29) is 12.1 Å². The van der Waals surface area contributed by atoms with Gasteiger partial charge in [-0.3, -0.25) is 0 Å². The number of nitrogens with zero attached hydrogens (tertiary/aromatic N) is 1. The zero-order valence-electron chi connectivity index (χ0n) is 20.1. The van der Waals surface area contributed by atoms with Crippen LogP contribution in [0.2, 0.25) is 0 Å². The molecule has 0 aliphatic carbocycles. The molecule has 5 nitrogen and oxygen atoms in total. The maximum Gasteiger partial charge on any atom is 0.339 e. The van der Waals surface area contributed by atoms with Crippen molar-refractivity contribution in [3.63, 3.8) is 0 Å². The Hall–Kier alpha value is -4.09. The van der Waals surface area contributed by atoms with Gasteiger partial charge in [-0.2, -0.15) is 0 Å². The molecule has 0 bridgehead atoms. The topological polar surface area (TPSA) is 48.0 Å². The normalized spacial score (nSPS) is 16.9. The third-order valence-electron chi connectivity index (χ3n) is 6.94. The highest BCUT2D eigenvalue weighted by atomic mass is 16.5. The second-order valence-electron chi connectivity index (χ2n) is 8.98. The molecule has 0 aromatic heterocycles. The molecule has 0 N–H and O–H groups in total. The number of hydrogen-bond acceptors (Lipinski definition) is 5. The van der Waals surface area contributed by atoms with Crippen LogP contribution in [0, 0.1) is 0 Å². The molecule has 1 saturated heterocycles. The summed E-state index contributed by atoms with van der Waals surface area (Å²) in [6, 6.07) is 26.4. The molecule has 2 heterocycles. The summed E-state index contributed by atoms with van der Waals surface area (Å²) < 4.78 is 17.4. The van der Waals surface area contributed by atoms with Gasteiger partial charge in [0.2, 0.25) is 0 Å². The van der Waals surface area contributed by atoms with Crippen molar-refractivity contribution in [1.82, 2.24) is 0 Å². The van der Waals surface area contributed by atoms with E-state index < -0.39 is 0 Å². The predicted octanol–water partition coefficient (Wildman–Crippen LogP) is 6.28. The number of carbonyl (C=O) groups excluding carboxylic acids is 1. The van der Waals surface area contributed by atoms with Crippen LogP contribution in [0.3, 0.4) is 0 Å². The number of rotatable bonds is 4. The average Bonchev–Trinajstić information content (AvgIpc) is 2.97. The summed E-state index contributed by atoms with van der Waals surface area (Å²) in [7, 11) is 1.43. The summed E-state index contributed by atoms with van der Waals surface area (Å²) in [6.45, 7) is 3.21. The molecule has 36 heavy (non-hydrogen) atoms. The van der Waals surface area contributed by atoms with E-state index in [0.29, 0.717) is 5.56 Å². The van der Waals surface area contributed by atoms with Gasteiger partial charge in [0.05, 0.1) is 25.9 Å². The Kier molecular flexibility index (Phi) is 5.91. The summed E-state index contributed by atoms with van der Waals surface area (Å²) in [4.78, 5) is 15.5. The SMILES string of the molecule is COC(=O)c1c(-c2ccc(N3CCOCC3)cc2)c2c(c3ccccc13)OC(c1ccccc1)C=C2. The first-order valence-corrected chi connectivity index (χ1v) is 12.2. The molecule has 1 fully saturated rings. The van der Waals surface area contributed by atoms with E-state index in [4.69, 9.17) is 14.2 Å². The van der Waals surface area contributed by atoms with Crippen molar-refractivity contribution in [2.75, 3.05) is 38.3 Å². The van der Waals surface area contributed by atoms with Crippen LogP contribution in [0.15, 0.2) is 84.9 Å². The first-order chi connectivity index (χ1) is 17.7. The van der Waals surface area contributed by atoms with Crippen LogP contribution >= 0.6 is 0 Å². The van der Waals surface area contributed by atoms with Crippen molar-refractivity contribution >= 4 is 28.5 Å². The Balaban J connectivity index is 1.54. The molecule has 4 aromatic carbocycles. The molecule has 0 saturated carbocycles. The van der Waals surface area contributed by atoms with Crippen LogP contribution < -0.4 is 9.64 Å². The van der Waals surface area contributed by atoms with Gasteiger partial charge in [-0.1, -0.05) is 72.8 Å². The van der Waals surface area contributed by atoms with Gasteiger partial charge in [-0.25, -0.2) is 4.79 Å². The molecule has 4 aromatic rings. The van der Waals surface area contributed by atoms with E-state index in [2.05, 4.69) is 53.5 Å². The Bertz CT molecular complexity index is 1440. The van der Waals surface area contributed by atoms with Crippen molar-refractivity contribution in [3.05, 3.63) is 102 Å². The summed E-state index contributed by atoms with van der Waals surface area (Å²) >= 11 is 0. The third kappa shape index (κ3) is 3.91. The fourth-order valence-corrected chi connectivity index (χ4v) is 5.16. The molecule has 2 aliphatic heterocycles. The lowest BCUT2D eigenvalue weighted by Gasteiger charge is -2.29. The van der Waals surface area contributed by atoms with Gasteiger partial charge >= 0.3 is 5.97 Å². The van der Waals surface area contributed by atoms with Crippen LogP contribution in [0.4, 0.5) is 5.69 Å². The first-order valence-electron chi connectivity index (χ1n) is 12.2. The summed E-state index contributed by atoms with van der Waals surface area (Å²) in [6.07, 6.45) is 3.93. The van der Waals surface area contributed by atoms with Gasteiger partial charge in [0.15, 0.2) is 0 Å². The minimum Gasteiger partial charge on any atom is -0.480 e. The number of hydrogen-bond donors (Lipinski definition) is 0. The van der Waals surface area contributed by atoms with Gasteiger partial charge < -0.3 is 19.1 Å². The van der Waals surface area contributed by atoms with E-state index >= 15 is 0 Å². The smallest absolute Gasteiger partial charge is 0.339 e. The summed E-state index contributed by atoms with van der Waals surface area (Å²) in [5.41, 5.74) is 5.44. The van der Waals surface area contributed by atoms with Crippen molar-refractivity contribution in [2.45, 2.75) is 6.10 Å². The van der Waals surface area contributed by atoms with Crippen molar-refractivity contribution in [3.8, 4) is 16.9 Å². The minimum atomic E-state index is -0.361. The van der Waals surface area contributed by atoms with Crippen molar-refractivity contribution in [1.29, 1.82) is 0 Å². The van der Waals surface area contributed by atoms with E-state index in [1.54, 1.807) is 0 Å². The zero-order chi connectivity index (χ0) is 24.5. The number of morpholine rings is 1. The van der Waals surface area contributed by atoms with Crippen LogP contribution in [-0.4, -0.2) is 39.4 Å². The van der Waals surface area contributed by atoms with Crippen LogP contribution in [0.25, 0.3) is 28.0 Å². The standard InChI is InChI=1S/C31H27NO4/c1-34-31(33)29-24-9-5-6-10-25(24)30-26(15-16-27(36-30)21-7-3-2-4-8-21)28(29)22-11-13-23(14-12-22)32-17-19-35-20-18-32/h2-16,27H,17-20H2,1H3. The van der Waals surface area contributed by atoms with Crippen molar-refractivity contribution < 1.29 is 19.0 Å². The number of benzene rings is 4. The van der Waals surface area contributed by atoms with Gasteiger partial charge in [-0.15, -0.1) is 0 Å². The van der Waals surface area contributed by atoms with Gasteiger partial charge in [0, 0.05) is 40.7 Å². The average molecular weight is 478 g/mol. The fourth-order valence-electron chi connectivity index (χ4n) is 5.16. The lowest BCUT2D eigenvalue weighted by molar-refractivity contribution is 0.0604. The summed E-state index contributed by atoms with van der Waals surface area (Å²) in [5, 5.41) is 1.71. The number of ether oxygens (including phenoxy) is 3. The molecule has 0 spiro atoms. The monoisotopic (exact) mass is 477 g/mol. The number of fused-ring (bicyclic) bond motifs is 3. The molecule has 0 amide bonds. The number of esters is 1. The molecule has 180 valence electrons. The van der Waals surface area contributed by atoms with Crippen LogP contribution in [0.1, 0.15) is 27.6 Å². The van der Waals surface area contributed by atoms with Gasteiger partial charge in [-0.05, 0) is 29.3 Å². The van der Waals surface area contributed by atoms with Gasteiger partial charge in [0.1, 0.15) is 11.9 Å². The Morgan fingerprint density at radius 3 is 2.31 bits per heavy atom. The highest BCUT2D eigenvalue weighted by molar-refractivity contribution is 6.14. The molecule has 1 atom stereocenters. The molecule has 0 radical (unpaired) electrons. The summed E-state index contributed by atoms with van der Waals surface area (Å²) in [5.74, 6) is 0.418. The van der Waals surface area contributed by atoms with Crippen molar-refractivity contribution in [2.24, 2.45) is 0 Å². The Morgan fingerprint density at radius 1 is 0.889 bits per heavy atom. The number of anilines is 1. The second-order valence-corrected chi connectivity index (χ2v) is 8.98. The zero-order valence-corrected chi connectivity index (χ0v) is 20.1. The molecule has 1 unspecified atom stereocenters. The highest BCUT2D eigenvalue weighted by Gasteiger charge is 2.28. The lowest BCUT2D eigenvalue weighted by atomic mass is 9.87. The quantitative estimate of drug-likeness (QED) is 0.324. The largest absolute Gasteiger partial charge is 0.480 e. The second kappa shape index (κ2) is 9.51. The van der Waals surface area contributed by atoms with E-state index in [9.17, 15) is 4.79 Å². The number of carbonyl (C=O) groups is 1. The van der Waals surface area contributed by atoms with E-state index in [1.807, 2.05) is 42.5 Å². The number of methoxy groups -OCH3 is 1. The van der Waals surface area contributed by atoms with E-state index in [1.165, 1.54) is 7.11 Å². The highest BCUT2D eigenvalue weighted by Crippen LogP contribution is 2.46. The predicted molar refractivity (Wildman–Crippen MR) is 143 cm³/mol. The third-order valence-corrected chi connectivity index (χ3v) is 6.94. The van der Waals surface area contributed by atoms with Gasteiger partial charge in [0.25, 0.3) is 0 Å². The molecule has 5 heteroatoms. The van der Waals surface area contributed by atoms with E-state index in [0.717, 1.165) is 70.8 Å². The molecule has 6 rings (SSSR count). The van der Waals surface area contributed by atoms with Crippen LogP contribution in [-0.2, 0) is 9.47 Å². The first kappa shape index (κ1) is 22.4. The lowest BCUT2D eigenvalue weighted by Crippen LogP contribution is -2.36. The Morgan fingerprint density at radius 2 is 1.58 bits per heavy atom. The fraction of sp³-hybridized carbons (Fsp3) is 0.194. The molecular weight excluding hydrogens is 450 g/mol. The Labute approximate surface area is 210 Å². The maximum absolute atomic E-state index is 13.2. The molecular formula is C31H27NO4.